The predicted octanol–water partition coefficient (Wildman–Crippen LogP) is 3.35. The standard InChI is InChI=1S/C15H19N3O3/c1-10-7-11(16)5-6-13(10)20-12-8-17-18(9-12)14(19)21-15(2,3)4/h5-9H,16H2,1-4H3. The van der Waals surface area contributed by atoms with Crippen LogP contribution >= 0.6 is 0 Å². The number of nitrogens with two attached hydrogens (primary N) is 1. The summed E-state index contributed by atoms with van der Waals surface area (Å²) in [5.74, 6) is 1.11. The highest BCUT2D eigenvalue weighted by Crippen LogP contribution is 2.26. The Morgan fingerprint density at radius 1 is 1.33 bits per heavy atom. The maximum Gasteiger partial charge on any atom is 0.435 e. The van der Waals surface area contributed by atoms with E-state index in [0.29, 0.717) is 17.2 Å². The summed E-state index contributed by atoms with van der Waals surface area (Å²) in [4.78, 5) is 11.8. The van der Waals surface area contributed by atoms with E-state index < -0.39 is 11.7 Å². The van der Waals surface area contributed by atoms with E-state index in [2.05, 4.69) is 5.10 Å². The number of nitrogens with zero attached hydrogens (tertiary/aromatic N) is 2. The van der Waals surface area contributed by atoms with E-state index in [4.69, 9.17) is 15.2 Å². The van der Waals surface area contributed by atoms with Crippen molar-refractivity contribution in [3.8, 4) is 11.5 Å². The number of aryl methyl sites for hydroxylation is 1. The second-order valence-electron chi connectivity index (χ2n) is 5.73. The van der Waals surface area contributed by atoms with Crippen molar-refractivity contribution < 1.29 is 14.3 Å². The summed E-state index contributed by atoms with van der Waals surface area (Å²) in [7, 11) is 0. The Labute approximate surface area is 123 Å². The van der Waals surface area contributed by atoms with Gasteiger partial charge in [-0.15, -0.1) is 0 Å². The quantitative estimate of drug-likeness (QED) is 0.858. The number of hydrogen-bond acceptors (Lipinski definition) is 5. The number of aromatic nitrogens is 2. The number of hydrogen-bond donors (Lipinski definition) is 1. The number of nitrogen functional groups attached to an aromatic ring is 1. The lowest BCUT2D eigenvalue weighted by atomic mass is 10.2. The molecule has 21 heavy (non-hydrogen) atoms. The van der Waals surface area contributed by atoms with Crippen LogP contribution in [0.2, 0.25) is 0 Å². The SMILES string of the molecule is Cc1cc(N)ccc1Oc1cnn(C(=O)OC(C)(C)C)c1. The molecular weight excluding hydrogens is 270 g/mol. The molecule has 0 aliphatic heterocycles. The third kappa shape index (κ3) is 3.98. The third-order valence-corrected chi connectivity index (χ3v) is 2.57. The second kappa shape index (κ2) is 5.47. The van der Waals surface area contributed by atoms with E-state index in [0.717, 1.165) is 10.2 Å². The van der Waals surface area contributed by atoms with Gasteiger partial charge < -0.3 is 15.2 Å². The zero-order chi connectivity index (χ0) is 15.6. The summed E-state index contributed by atoms with van der Waals surface area (Å²) in [6, 6.07) is 5.34. The lowest BCUT2D eigenvalue weighted by Gasteiger charge is -2.18. The van der Waals surface area contributed by atoms with Gasteiger partial charge in [-0.05, 0) is 51.5 Å². The molecule has 1 aromatic heterocycles. The molecule has 1 aromatic carbocycles. The first-order valence-electron chi connectivity index (χ1n) is 6.56. The molecule has 0 aliphatic rings. The molecule has 1 heterocycles. The van der Waals surface area contributed by atoms with Gasteiger partial charge in [0.05, 0.1) is 12.4 Å². The molecular formula is C15H19N3O3. The van der Waals surface area contributed by atoms with E-state index in [1.165, 1.54) is 12.4 Å². The van der Waals surface area contributed by atoms with Crippen molar-refractivity contribution in [1.82, 2.24) is 9.78 Å². The molecule has 0 bridgehead atoms. The molecule has 0 unspecified atom stereocenters. The lowest BCUT2D eigenvalue weighted by molar-refractivity contribution is 0.0514. The van der Waals surface area contributed by atoms with Crippen LogP contribution in [0.1, 0.15) is 26.3 Å². The molecule has 0 radical (unpaired) electrons. The first-order valence-corrected chi connectivity index (χ1v) is 6.56. The molecule has 6 heteroatoms. The number of rotatable bonds is 2. The molecule has 0 atom stereocenters. The summed E-state index contributed by atoms with van der Waals surface area (Å²) >= 11 is 0. The number of ether oxygens (including phenoxy) is 2. The minimum absolute atomic E-state index is 0.453. The van der Waals surface area contributed by atoms with Gasteiger partial charge >= 0.3 is 6.09 Å². The van der Waals surface area contributed by atoms with Crippen LogP contribution in [0.5, 0.6) is 11.5 Å². The summed E-state index contributed by atoms with van der Waals surface area (Å²) in [6.07, 6.45) is 2.38. The van der Waals surface area contributed by atoms with Gasteiger partial charge in [0.1, 0.15) is 11.4 Å². The Bertz CT molecular complexity index is 656. The van der Waals surface area contributed by atoms with Gasteiger partial charge in [-0.2, -0.15) is 9.78 Å². The highest BCUT2D eigenvalue weighted by atomic mass is 16.6. The summed E-state index contributed by atoms with van der Waals surface area (Å²) in [5, 5.41) is 3.94. The van der Waals surface area contributed by atoms with E-state index in [1.807, 2.05) is 13.0 Å². The van der Waals surface area contributed by atoms with Crippen LogP contribution in [0, 0.1) is 6.92 Å². The van der Waals surface area contributed by atoms with Crippen molar-refractivity contribution in [1.29, 1.82) is 0 Å². The Hall–Kier alpha value is -2.50. The van der Waals surface area contributed by atoms with Crippen LogP contribution in [0.3, 0.4) is 0 Å². The molecule has 6 nitrogen and oxygen atoms in total. The van der Waals surface area contributed by atoms with Crippen molar-refractivity contribution in [2.75, 3.05) is 5.73 Å². The smallest absolute Gasteiger partial charge is 0.435 e. The fourth-order valence-corrected chi connectivity index (χ4v) is 1.68. The molecule has 2 N–H and O–H groups in total. The third-order valence-electron chi connectivity index (χ3n) is 2.57. The van der Waals surface area contributed by atoms with E-state index >= 15 is 0 Å². The molecule has 0 amide bonds. The van der Waals surface area contributed by atoms with Gasteiger partial charge in [-0.1, -0.05) is 0 Å². The van der Waals surface area contributed by atoms with Gasteiger partial charge in [0.2, 0.25) is 0 Å². The number of carbonyl (C=O) groups excluding carboxylic acids is 1. The van der Waals surface area contributed by atoms with Crippen molar-refractivity contribution in [2.24, 2.45) is 0 Å². The second-order valence-corrected chi connectivity index (χ2v) is 5.73. The Kier molecular flexibility index (Phi) is 3.88. The fraction of sp³-hybridized carbons (Fsp3) is 0.333. The van der Waals surface area contributed by atoms with E-state index in [-0.39, 0.29) is 0 Å². The van der Waals surface area contributed by atoms with Crippen LogP contribution in [0.15, 0.2) is 30.6 Å². The van der Waals surface area contributed by atoms with Gasteiger partial charge in [-0.3, -0.25) is 0 Å². The molecule has 0 saturated heterocycles. The van der Waals surface area contributed by atoms with Gasteiger partial charge in [0, 0.05) is 5.69 Å². The van der Waals surface area contributed by atoms with E-state index in [1.54, 1.807) is 32.9 Å². The molecule has 0 saturated carbocycles. The van der Waals surface area contributed by atoms with Crippen LogP contribution in [0.25, 0.3) is 0 Å². The Balaban J connectivity index is 2.11. The van der Waals surface area contributed by atoms with Crippen molar-refractivity contribution in [3.63, 3.8) is 0 Å². The van der Waals surface area contributed by atoms with Crippen molar-refractivity contribution in [3.05, 3.63) is 36.2 Å². The molecule has 0 spiro atoms. The molecule has 2 rings (SSSR count). The first kappa shape index (κ1) is 14.9. The maximum atomic E-state index is 11.8. The predicted molar refractivity (Wildman–Crippen MR) is 79.5 cm³/mol. The number of benzene rings is 1. The topological polar surface area (TPSA) is 79.4 Å². The minimum atomic E-state index is -0.572. The normalized spacial score (nSPS) is 11.2. The van der Waals surface area contributed by atoms with Gasteiger partial charge in [0.15, 0.2) is 5.75 Å². The molecule has 2 aromatic rings. The summed E-state index contributed by atoms with van der Waals surface area (Å²) in [6.45, 7) is 7.28. The number of anilines is 1. The van der Waals surface area contributed by atoms with Gasteiger partial charge in [-0.25, -0.2) is 4.79 Å². The molecule has 0 fully saturated rings. The average Bonchev–Trinajstić information content (AvgIpc) is 2.79. The Morgan fingerprint density at radius 2 is 2.05 bits per heavy atom. The van der Waals surface area contributed by atoms with Crippen molar-refractivity contribution in [2.45, 2.75) is 33.3 Å². The maximum absolute atomic E-state index is 11.8. The highest BCUT2D eigenvalue weighted by Gasteiger charge is 2.18. The fourth-order valence-electron chi connectivity index (χ4n) is 1.68. The van der Waals surface area contributed by atoms with E-state index in [9.17, 15) is 4.79 Å². The zero-order valence-electron chi connectivity index (χ0n) is 12.6. The average molecular weight is 289 g/mol. The summed E-state index contributed by atoms with van der Waals surface area (Å²) < 4.78 is 12.0. The molecule has 112 valence electrons. The number of carbonyl (C=O) groups is 1. The van der Waals surface area contributed by atoms with Gasteiger partial charge in [0.25, 0.3) is 0 Å². The largest absolute Gasteiger partial charge is 0.454 e. The lowest BCUT2D eigenvalue weighted by Crippen LogP contribution is -2.27. The van der Waals surface area contributed by atoms with Crippen LogP contribution < -0.4 is 10.5 Å². The summed E-state index contributed by atoms with van der Waals surface area (Å²) in [5.41, 5.74) is 6.69. The first-order chi connectivity index (χ1) is 9.74. The molecule has 0 aliphatic carbocycles. The minimum Gasteiger partial charge on any atom is -0.454 e. The van der Waals surface area contributed by atoms with Crippen LogP contribution in [0.4, 0.5) is 10.5 Å². The Morgan fingerprint density at radius 3 is 2.67 bits per heavy atom. The highest BCUT2D eigenvalue weighted by molar-refractivity contribution is 5.70. The van der Waals surface area contributed by atoms with Crippen LogP contribution in [-0.2, 0) is 4.74 Å². The van der Waals surface area contributed by atoms with Crippen LogP contribution in [-0.4, -0.2) is 21.5 Å². The zero-order valence-corrected chi connectivity index (χ0v) is 12.6. The van der Waals surface area contributed by atoms with Crippen molar-refractivity contribution >= 4 is 11.8 Å². The monoisotopic (exact) mass is 289 g/mol.